The second kappa shape index (κ2) is 1.57. The summed E-state index contributed by atoms with van der Waals surface area (Å²) in [5.74, 6) is 1.84. The fourth-order valence-corrected chi connectivity index (χ4v) is 2.46. The summed E-state index contributed by atoms with van der Waals surface area (Å²) >= 11 is 0. The van der Waals surface area contributed by atoms with E-state index in [1.165, 1.54) is 12.8 Å². The van der Waals surface area contributed by atoms with E-state index in [0.29, 0.717) is 0 Å². The largest absolute Gasteiger partial charge is 0.133 e. The maximum Gasteiger partial charge on any atom is -0.0138 e. The van der Waals surface area contributed by atoms with E-state index in [9.17, 15) is 0 Å². The van der Waals surface area contributed by atoms with Crippen LogP contribution in [0.4, 0.5) is 0 Å². The molecule has 4 atom stereocenters. The van der Waals surface area contributed by atoms with Gasteiger partial charge in [0.1, 0.15) is 0 Å². The molecule has 1 saturated carbocycles. The van der Waals surface area contributed by atoms with Crippen LogP contribution in [0.15, 0.2) is 12.2 Å². The van der Waals surface area contributed by atoms with Crippen LogP contribution in [0.2, 0.25) is 0 Å². The first kappa shape index (κ1) is 4.99. The van der Waals surface area contributed by atoms with E-state index in [2.05, 4.69) is 21.4 Å². The molecule has 2 unspecified atom stereocenters. The van der Waals surface area contributed by atoms with E-state index < -0.39 is 0 Å². The molecule has 2 aliphatic carbocycles. The van der Waals surface area contributed by atoms with Crippen LogP contribution in [0.25, 0.3) is 0 Å². The Morgan fingerprint density at radius 2 is 1.62 bits per heavy atom. The van der Waals surface area contributed by atoms with Gasteiger partial charge in [-0.1, -0.05) is 12.2 Å². The van der Waals surface area contributed by atoms with Crippen molar-refractivity contribution in [3.8, 4) is 0 Å². The van der Waals surface area contributed by atoms with Gasteiger partial charge in [-0.3, -0.25) is 0 Å². The zero-order chi connectivity index (χ0) is 5.56. The molecule has 0 aromatic rings. The van der Waals surface area contributed by atoms with Gasteiger partial charge < -0.3 is 0 Å². The minimum absolute atomic E-state index is 0.898. The van der Waals surface area contributed by atoms with Gasteiger partial charge in [-0.2, -0.15) is 0 Å². The van der Waals surface area contributed by atoms with Crippen molar-refractivity contribution in [3.63, 3.8) is 0 Å². The number of hydrogen-bond donors (Lipinski definition) is 0. The predicted octanol–water partition coefficient (Wildman–Crippen LogP) is 1.83. The van der Waals surface area contributed by atoms with E-state index in [0.717, 1.165) is 17.5 Å². The van der Waals surface area contributed by atoms with Gasteiger partial charge >= 0.3 is 0 Å². The molecule has 0 aromatic heterocycles. The zero-order valence-electron chi connectivity index (χ0n) is 4.88. The van der Waals surface area contributed by atoms with Crippen molar-refractivity contribution >= 4 is 9.24 Å². The lowest BCUT2D eigenvalue weighted by Crippen LogP contribution is -2.02. The first-order chi connectivity index (χ1) is 3.88. The number of fused-ring (bicyclic) bond motifs is 2. The Kier molecular flexibility index (Phi) is 0.983. The third-order valence-electron chi connectivity index (χ3n) is 2.43. The molecule has 0 spiro atoms. The number of allylic oxidation sites excluding steroid dienone is 2. The summed E-state index contributed by atoms with van der Waals surface area (Å²) in [5.41, 5.74) is 0.898. The maximum atomic E-state index is 2.95. The molecular weight excluding hydrogens is 115 g/mol. The van der Waals surface area contributed by atoms with Crippen molar-refractivity contribution in [2.75, 3.05) is 0 Å². The molecule has 0 N–H and O–H groups in total. The number of hydrogen-bond acceptors (Lipinski definition) is 0. The molecule has 0 radical (unpaired) electrons. The van der Waals surface area contributed by atoms with Gasteiger partial charge in [-0.25, -0.2) is 0 Å². The topological polar surface area (TPSA) is 0 Å². The van der Waals surface area contributed by atoms with Crippen LogP contribution < -0.4 is 0 Å². The lowest BCUT2D eigenvalue weighted by atomic mass is 10.1. The fraction of sp³-hybridized carbons (Fsp3) is 0.714. The summed E-state index contributed by atoms with van der Waals surface area (Å²) in [6, 6.07) is 0. The second-order valence-electron chi connectivity index (χ2n) is 2.87. The van der Waals surface area contributed by atoms with Crippen LogP contribution in [0.1, 0.15) is 12.8 Å². The van der Waals surface area contributed by atoms with Crippen LogP contribution in [-0.2, 0) is 0 Å². The van der Waals surface area contributed by atoms with Crippen LogP contribution in [0.5, 0.6) is 0 Å². The van der Waals surface area contributed by atoms with Crippen molar-refractivity contribution in [2.24, 2.45) is 11.8 Å². The minimum atomic E-state index is 0.898. The molecule has 0 aliphatic heterocycles. The molecule has 0 amide bonds. The van der Waals surface area contributed by atoms with E-state index in [1.54, 1.807) is 0 Å². The average molecular weight is 126 g/mol. The highest BCUT2D eigenvalue weighted by atomic mass is 31.0. The third kappa shape index (κ3) is 0.500. The van der Waals surface area contributed by atoms with Crippen LogP contribution >= 0.6 is 9.24 Å². The van der Waals surface area contributed by atoms with Gasteiger partial charge in [0.15, 0.2) is 0 Å². The van der Waals surface area contributed by atoms with Gasteiger partial charge in [0.05, 0.1) is 0 Å². The Bertz CT molecular complexity index is 114. The van der Waals surface area contributed by atoms with Crippen molar-refractivity contribution in [1.29, 1.82) is 0 Å². The molecule has 0 aromatic carbocycles. The lowest BCUT2D eigenvalue weighted by molar-refractivity contribution is 0.705. The molecule has 0 nitrogen and oxygen atoms in total. The normalized spacial score (nSPS) is 50.9. The van der Waals surface area contributed by atoms with Crippen molar-refractivity contribution in [1.82, 2.24) is 0 Å². The predicted molar refractivity (Wildman–Crippen MR) is 38.9 cm³/mol. The third-order valence-corrected chi connectivity index (χ3v) is 3.42. The van der Waals surface area contributed by atoms with E-state index in [4.69, 9.17) is 0 Å². The quantitative estimate of drug-likeness (QED) is 0.343. The maximum absolute atomic E-state index is 2.95. The van der Waals surface area contributed by atoms with Gasteiger partial charge in [0.25, 0.3) is 0 Å². The van der Waals surface area contributed by atoms with Gasteiger partial charge in [-0.15, -0.1) is 9.24 Å². The van der Waals surface area contributed by atoms with Crippen LogP contribution in [0.3, 0.4) is 0 Å². The highest BCUT2D eigenvalue weighted by Crippen LogP contribution is 2.43. The van der Waals surface area contributed by atoms with Crippen LogP contribution in [-0.4, -0.2) is 5.66 Å². The Morgan fingerprint density at radius 3 is 1.75 bits per heavy atom. The molecule has 0 saturated heterocycles. The smallest absolute Gasteiger partial charge is 0.0138 e. The Balaban J connectivity index is 2.27. The van der Waals surface area contributed by atoms with Crippen molar-refractivity contribution in [2.45, 2.75) is 18.5 Å². The molecule has 1 fully saturated rings. The molecular formula is C7H11P. The molecule has 1 heteroatoms. The summed E-state index contributed by atoms with van der Waals surface area (Å²) in [4.78, 5) is 0. The molecule has 2 aliphatic rings. The minimum Gasteiger partial charge on any atom is -0.133 e. The summed E-state index contributed by atoms with van der Waals surface area (Å²) in [7, 11) is 2.95. The van der Waals surface area contributed by atoms with Crippen LogP contribution in [0, 0.1) is 11.8 Å². The highest BCUT2D eigenvalue weighted by molar-refractivity contribution is 7.17. The highest BCUT2D eigenvalue weighted by Gasteiger charge is 2.33. The first-order valence-corrected chi connectivity index (χ1v) is 3.98. The zero-order valence-corrected chi connectivity index (χ0v) is 6.03. The van der Waals surface area contributed by atoms with Gasteiger partial charge in [-0.05, 0) is 30.3 Å². The SMILES string of the molecule is PC1[C@@H]2C=C[C@H]1CC2. The summed E-state index contributed by atoms with van der Waals surface area (Å²) in [6.07, 6.45) is 7.64. The van der Waals surface area contributed by atoms with Gasteiger partial charge in [0.2, 0.25) is 0 Å². The summed E-state index contributed by atoms with van der Waals surface area (Å²) in [5, 5.41) is 0. The monoisotopic (exact) mass is 126 g/mol. The molecule has 0 heterocycles. The first-order valence-electron chi connectivity index (χ1n) is 3.32. The molecule has 8 heavy (non-hydrogen) atoms. The van der Waals surface area contributed by atoms with E-state index >= 15 is 0 Å². The van der Waals surface area contributed by atoms with E-state index in [1.807, 2.05) is 0 Å². The molecule has 44 valence electrons. The Hall–Kier alpha value is 0.170. The standard InChI is InChI=1S/C7H11P/c8-7-5-1-2-6(7)4-3-5/h1-2,5-7H,3-4,8H2/t5-,6+,7?. The second-order valence-corrected chi connectivity index (χ2v) is 3.64. The molecule has 2 bridgehead atoms. The fourth-order valence-electron chi connectivity index (χ4n) is 1.82. The summed E-state index contributed by atoms with van der Waals surface area (Å²) in [6.45, 7) is 0. The Morgan fingerprint density at radius 1 is 1.12 bits per heavy atom. The van der Waals surface area contributed by atoms with Crippen molar-refractivity contribution in [3.05, 3.63) is 12.2 Å². The van der Waals surface area contributed by atoms with Gasteiger partial charge in [0, 0.05) is 0 Å². The van der Waals surface area contributed by atoms with E-state index in [-0.39, 0.29) is 0 Å². The lowest BCUT2D eigenvalue weighted by Gasteiger charge is -2.05. The Labute approximate surface area is 52.6 Å². The molecule has 2 rings (SSSR count). The average Bonchev–Trinajstić information content (AvgIpc) is 2.29. The summed E-state index contributed by atoms with van der Waals surface area (Å²) < 4.78 is 0. The van der Waals surface area contributed by atoms with Crippen molar-refractivity contribution < 1.29 is 0 Å². The number of rotatable bonds is 0.